The lowest BCUT2D eigenvalue weighted by molar-refractivity contribution is -0.0660. The maximum atomic E-state index is 11.5. The number of methoxy groups -OCH3 is 2. The number of hydrogen-bond acceptors (Lipinski definition) is 7. The van der Waals surface area contributed by atoms with Gasteiger partial charge in [-0.3, -0.25) is 0 Å². The quantitative estimate of drug-likeness (QED) is 0.773. The van der Waals surface area contributed by atoms with E-state index in [0.29, 0.717) is 16.9 Å². The summed E-state index contributed by atoms with van der Waals surface area (Å²) in [7, 11) is 2.88. The van der Waals surface area contributed by atoms with E-state index in [2.05, 4.69) is 0 Å². The molecule has 0 unspecified atom stereocenters. The van der Waals surface area contributed by atoms with Gasteiger partial charge in [-0.2, -0.15) is 0 Å². The smallest absolute Gasteiger partial charge is 0.336 e. The Bertz CT molecular complexity index is 742. The number of fused-ring (bicyclic) bond motifs is 1. The van der Waals surface area contributed by atoms with Crippen LogP contribution in [0.4, 0.5) is 0 Å². The van der Waals surface area contributed by atoms with Crippen LogP contribution in [0.15, 0.2) is 27.4 Å². The minimum absolute atomic E-state index is 0.146. The van der Waals surface area contributed by atoms with Crippen LogP contribution in [-0.2, 0) is 0 Å². The van der Waals surface area contributed by atoms with Crippen LogP contribution in [0, 0.1) is 0 Å². The standard InChI is InChI=1S/C16H20O7/c1-16(2,19)12(17)8-22-10-7-11(20-3)15(21-4)14-9(10)5-6-13(18)23-14/h5-7,12,17,19H,8H2,1-4H3/t12-/m0/s1. The van der Waals surface area contributed by atoms with E-state index < -0.39 is 17.3 Å². The largest absolute Gasteiger partial charge is 0.493 e. The molecule has 2 rings (SSSR count). The molecule has 0 aliphatic heterocycles. The van der Waals surface area contributed by atoms with E-state index in [-0.39, 0.29) is 17.9 Å². The van der Waals surface area contributed by atoms with E-state index in [1.165, 1.54) is 40.2 Å². The first-order chi connectivity index (χ1) is 10.8. The van der Waals surface area contributed by atoms with Gasteiger partial charge in [-0.25, -0.2) is 4.79 Å². The lowest BCUT2D eigenvalue weighted by atomic mass is 10.0. The number of benzene rings is 1. The van der Waals surface area contributed by atoms with Crippen molar-refractivity contribution in [3.05, 3.63) is 28.6 Å². The Morgan fingerprint density at radius 2 is 1.91 bits per heavy atom. The predicted molar refractivity (Wildman–Crippen MR) is 83.4 cm³/mol. The minimum Gasteiger partial charge on any atom is -0.493 e. The van der Waals surface area contributed by atoms with Gasteiger partial charge in [-0.15, -0.1) is 0 Å². The molecule has 0 aliphatic carbocycles. The van der Waals surface area contributed by atoms with Crippen molar-refractivity contribution in [3.8, 4) is 17.2 Å². The summed E-state index contributed by atoms with van der Waals surface area (Å²) in [6, 6.07) is 4.36. The average Bonchev–Trinajstić information content (AvgIpc) is 2.50. The third-order valence-corrected chi connectivity index (χ3v) is 3.43. The van der Waals surface area contributed by atoms with E-state index in [1.54, 1.807) is 6.07 Å². The molecule has 1 heterocycles. The SMILES string of the molecule is COc1cc(OC[C@H](O)C(C)(C)O)c2ccc(=O)oc2c1OC. The van der Waals surface area contributed by atoms with Crippen LogP contribution in [0.3, 0.4) is 0 Å². The molecule has 0 fully saturated rings. The first-order valence-corrected chi connectivity index (χ1v) is 7.00. The van der Waals surface area contributed by atoms with Crippen LogP contribution in [-0.4, -0.2) is 42.7 Å². The van der Waals surface area contributed by atoms with Gasteiger partial charge in [0.1, 0.15) is 18.5 Å². The highest BCUT2D eigenvalue weighted by molar-refractivity contribution is 5.91. The van der Waals surface area contributed by atoms with Crippen molar-refractivity contribution in [2.24, 2.45) is 0 Å². The summed E-state index contributed by atoms with van der Waals surface area (Å²) >= 11 is 0. The molecule has 0 spiro atoms. The second kappa shape index (κ2) is 6.47. The highest BCUT2D eigenvalue weighted by Gasteiger charge is 2.26. The van der Waals surface area contributed by atoms with Gasteiger partial charge in [0.25, 0.3) is 0 Å². The van der Waals surface area contributed by atoms with Crippen molar-refractivity contribution < 1.29 is 28.8 Å². The van der Waals surface area contributed by atoms with Crippen molar-refractivity contribution >= 4 is 11.0 Å². The topological polar surface area (TPSA) is 98.4 Å². The highest BCUT2D eigenvalue weighted by Crippen LogP contribution is 2.40. The van der Waals surface area contributed by atoms with Crippen molar-refractivity contribution in [1.82, 2.24) is 0 Å². The molecule has 1 atom stereocenters. The predicted octanol–water partition coefficient (Wildman–Crippen LogP) is 1.32. The fourth-order valence-electron chi connectivity index (χ4n) is 1.99. The van der Waals surface area contributed by atoms with E-state index in [9.17, 15) is 15.0 Å². The van der Waals surface area contributed by atoms with Gasteiger partial charge in [-0.05, 0) is 19.9 Å². The molecule has 1 aromatic heterocycles. The van der Waals surface area contributed by atoms with Crippen molar-refractivity contribution in [2.75, 3.05) is 20.8 Å². The molecule has 126 valence electrons. The Morgan fingerprint density at radius 1 is 1.22 bits per heavy atom. The van der Waals surface area contributed by atoms with E-state index in [4.69, 9.17) is 18.6 Å². The molecule has 0 saturated carbocycles. The lowest BCUT2D eigenvalue weighted by Crippen LogP contribution is -2.40. The van der Waals surface area contributed by atoms with Gasteiger partial charge in [0.15, 0.2) is 11.3 Å². The molecule has 0 amide bonds. The Labute approximate surface area is 133 Å². The molecule has 7 heteroatoms. The zero-order valence-electron chi connectivity index (χ0n) is 13.5. The first-order valence-electron chi connectivity index (χ1n) is 7.00. The van der Waals surface area contributed by atoms with Gasteiger partial charge < -0.3 is 28.8 Å². The van der Waals surface area contributed by atoms with Crippen LogP contribution >= 0.6 is 0 Å². The number of aliphatic hydroxyl groups excluding tert-OH is 1. The summed E-state index contributed by atoms with van der Waals surface area (Å²) in [4.78, 5) is 11.5. The van der Waals surface area contributed by atoms with Crippen molar-refractivity contribution in [1.29, 1.82) is 0 Å². The molecule has 1 aromatic carbocycles. The summed E-state index contributed by atoms with van der Waals surface area (Å²) < 4.78 is 21.2. The van der Waals surface area contributed by atoms with Crippen LogP contribution in [0.2, 0.25) is 0 Å². The average molecular weight is 324 g/mol. The highest BCUT2D eigenvalue weighted by atomic mass is 16.5. The number of rotatable bonds is 6. The minimum atomic E-state index is -1.31. The summed E-state index contributed by atoms with van der Waals surface area (Å²) in [6.45, 7) is 2.81. The molecule has 0 saturated heterocycles. The third-order valence-electron chi connectivity index (χ3n) is 3.43. The van der Waals surface area contributed by atoms with Gasteiger partial charge >= 0.3 is 5.63 Å². The van der Waals surface area contributed by atoms with E-state index in [1.807, 2.05) is 0 Å². The molecule has 2 aromatic rings. The zero-order chi connectivity index (χ0) is 17.2. The zero-order valence-corrected chi connectivity index (χ0v) is 13.5. The molecule has 0 radical (unpaired) electrons. The number of aliphatic hydroxyl groups is 2. The lowest BCUT2D eigenvalue weighted by Gasteiger charge is -2.24. The Hall–Kier alpha value is -2.25. The van der Waals surface area contributed by atoms with E-state index in [0.717, 1.165) is 0 Å². The maximum absolute atomic E-state index is 11.5. The summed E-state index contributed by atoms with van der Waals surface area (Å²) in [5.74, 6) is 0.933. The third kappa shape index (κ3) is 3.57. The van der Waals surface area contributed by atoms with Gasteiger partial charge in [-0.1, -0.05) is 0 Å². The fourth-order valence-corrected chi connectivity index (χ4v) is 1.99. The number of ether oxygens (including phenoxy) is 3. The molecule has 2 N–H and O–H groups in total. The molecule has 23 heavy (non-hydrogen) atoms. The second-order valence-electron chi connectivity index (χ2n) is 5.59. The van der Waals surface area contributed by atoms with Gasteiger partial charge in [0.2, 0.25) is 5.75 Å². The Balaban J connectivity index is 2.49. The normalized spacial score (nSPS) is 13.0. The Kier molecular flexibility index (Phi) is 4.82. The molecular weight excluding hydrogens is 304 g/mol. The van der Waals surface area contributed by atoms with Crippen LogP contribution in [0.5, 0.6) is 17.2 Å². The maximum Gasteiger partial charge on any atom is 0.336 e. The fraction of sp³-hybridized carbons (Fsp3) is 0.438. The van der Waals surface area contributed by atoms with Gasteiger partial charge in [0, 0.05) is 12.1 Å². The summed E-state index contributed by atoms with van der Waals surface area (Å²) in [5.41, 5.74) is -1.66. The number of hydrogen-bond donors (Lipinski definition) is 2. The van der Waals surface area contributed by atoms with Crippen LogP contribution in [0.25, 0.3) is 11.0 Å². The molecule has 0 aliphatic rings. The monoisotopic (exact) mass is 324 g/mol. The second-order valence-corrected chi connectivity index (χ2v) is 5.59. The summed E-state index contributed by atoms with van der Waals surface area (Å²) in [5, 5.41) is 20.1. The molecule has 7 nitrogen and oxygen atoms in total. The van der Waals surface area contributed by atoms with Crippen molar-refractivity contribution in [3.63, 3.8) is 0 Å². The summed E-state index contributed by atoms with van der Waals surface area (Å²) in [6.07, 6.45) is -1.10. The Morgan fingerprint density at radius 3 is 2.48 bits per heavy atom. The van der Waals surface area contributed by atoms with Crippen molar-refractivity contribution in [2.45, 2.75) is 25.6 Å². The van der Waals surface area contributed by atoms with E-state index >= 15 is 0 Å². The van der Waals surface area contributed by atoms with Crippen LogP contribution in [0.1, 0.15) is 13.8 Å². The molecule has 0 bridgehead atoms. The first kappa shape index (κ1) is 17.1. The van der Waals surface area contributed by atoms with Gasteiger partial charge in [0.05, 0.1) is 25.2 Å². The van der Waals surface area contributed by atoms with Crippen LogP contribution < -0.4 is 19.8 Å². The molecular formula is C16H20O7.